The molecule has 0 aliphatic rings. The van der Waals surface area contributed by atoms with Crippen LogP contribution in [-0.4, -0.2) is 35.8 Å². The Morgan fingerprint density at radius 3 is 2.50 bits per heavy atom. The molecule has 112 valence electrons. The Hall–Kier alpha value is -1.96. The lowest BCUT2D eigenvalue weighted by Crippen LogP contribution is -2.27. The minimum absolute atomic E-state index is 0.169. The van der Waals surface area contributed by atoms with Gasteiger partial charge in [-0.25, -0.2) is 0 Å². The van der Waals surface area contributed by atoms with E-state index in [-0.39, 0.29) is 18.7 Å². The molecule has 0 unspecified atom stereocenters. The molecule has 0 saturated carbocycles. The van der Waals surface area contributed by atoms with E-state index in [0.29, 0.717) is 12.2 Å². The molecule has 0 atom stereocenters. The third kappa shape index (κ3) is 3.53. The zero-order valence-corrected chi connectivity index (χ0v) is 10.9. The van der Waals surface area contributed by atoms with Crippen molar-refractivity contribution in [2.75, 3.05) is 24.6 Å². The molecule has 0 aliphatic heterocycles. The highest BCUT2D eigenvalue weighted by atomic mass is 19.4. The van der Waals surface area contributed by atoms with Gasteiger partial charge in [-0.3, -0.25) is 0 Å². The first-order chi connectivity index (χ1) is 9.35. The molecule has 20 heavy (non-hydrogen) atoms. The maximum Gasteiger partial charge on any atom is 0.417 e. The van der Waals surface area contributed by atoms with Crippen molar-refractivity contribution in [3.05, 3.63) is 29.3 Å². The van der Waals surface area contributed by atoms with Gasteiger partial charge in [-0.05, 0) is 25.1 Å². The van der Waals surface area contributed by atoms with Crippen molar-refractivity contribution in [3.63, 3.8) is 0 Å². The molecule has 0 heterocycles. The summed E-state index contributed by atoms with van der Waals surface area (Å²) in [6.45, 7) is 2.26. The largest absolute Gasteiger partial charge is 0.417 e. The molecule has 0 aliphatic carbocycles. The fourth-order valence-corrected chi connectivity index (χ4v) is 1.83. The summed E-state index contributed by atoms with van der Waals surface area (Å²) in [6, 6.07) is 3.50. The number of nitrogens with zero attached hydrogens (tertiary/aromatic N) is 2. The molecule has 8 heteroatoms. The molecule has 1 aromatic rings. The lowest BCUT2D eigenvalue weighted by Gasteiger charge is -2.24. The third-order valence-corrected chi connectivity index (χ3v) is 2.81. The van der Waals surface area contributed by atoms with Crippen LogP contribution >= 0.6 is 0 Å². The molecule has 0 bridgehead atoms. The van der Waals surface area contributed by atoms with E-state index in [4.69, 9.17) is 16.0 Å². The Kier molecular flexibility index (Phi) is 5.20. The van der Waals surface area contributed by atoms with Crippen molar-refractivity contribution in [1.29, 1.82) is 0 Å². The van der Waals surface area contributed by atoms with Crippen LogP contribution < -0.4 is 10.6 Å². The van der Waals surface area contributed by atoms with Crippen LogP contribution in [0.3, 0.4) is 0 Å². The second-order valence-corrected chi connectivity index (χ2v) is 4.02. The Balaban J connectivity index is 3.34. The molecular weight excluding hydrogens is 275 g/mol. The number of nitrogens with two attached hydrogens (primary N) is 1. The fourth-order valence-electron chi connectivity index (χ4n) is 1.83. The van der Waals surface area contributed by atoms with E-state index in [1.807, 2.05) is 0 Å². The average molecular weight is 291 g/mol. The maximum atomic E-state index is 13.0. The first kappa shape index (κ1) is 16.1. The second-order valence-electron chi connectivity index (χ2n) is 4.02. The van der Waals surface area contributed by atoms with Gasteiger partial charge in [0.1, 0.15) is 0 Å². The number of amidine groups is 1. The number of benzene rings is 1. The highest BCUT2D eigenvalue weighted by Crippen LogP contribution is 2.34. The maximum absolute atomic E-state index is 13.0. The van der Waals surface area contributed by atoms with Crippen molar-refractivity contribution in [3.8, 4) is 0 Å². The van der Waals surface area contributed by atoms with Crippen molar-refractivity contribution >= 4 is 11.5 Å². The topological polar surface area (TPSA) is 82.1 Å². The number of anilines is 1. The predicted octanol–water partition coefficient (Wildman–Crippen LogP) is 1.62. The molecule has 5 nitrogen and oxygen atoms in total. The van der Waals surface area contributed by atoms with E-state index in [1.54, 1.807) is 11.8 Å². The molecule has 0 amide bonds. The van der Waals surface area contributed by atoms with E-state index in [1.165, 1.54) is 6.07 Å². The summed E-state index contributed by atoms with van der Waals surface area (Å²) < 4.78 is 39.1. The van der Waals surface area contributed by atoms with Crippen molar-refractivity contribution in [2.24, 2.45) is 10.9 Å². The average Bonchev–Trinajstić information content (AvgIpc) is 2.42. The van der Waals surface area contributed by atoms with Crippen LogP contribution in [0.2, 0.25) is 0 Å². The van der Waals surface area contributed by atoms with E-state index in [2.05, 4.69) is 5.16 Å². The van der Waals surface area contributed by atoms with Crippen LogP contribution in [-0.2, 0) is 6.18 Å². The monoisotopic (exact) mass is 291 g/mol. The summed E-state index contributed by atoms with van der Waals surface area (Å²) in [4.78, 5) is 1.59. The van der Waals surface area contributed by atoms with Gasteiger partial charge in [0, 0.05) is 24.3 Å². The Bertz CT molecular complexity index is 489. The number of alkyl halides is 3. The van der Waals surface area contributed by atoms with Gasteiger partial charge >= 0.3 is 6.18 Å². The summed E-state index contributed by atoms with van der Waals surface area (Å²) in [6.07, 6.45) is -4.63. The Labute approximate surface area is 114 Å². The number of hydrogen-bond donors (Lipinski definition) is 3. The highest BCUT2D eigenvalue weighted by Gasteiger charge is 2.35. The van der Waals surface area contributed by atoms with Gasteiger partial charge in [0.2, 0.25) is 0 Å². The first-order valence-electron chi connectivity index (χ1n) is 5.90. The van der Waals surface area contributed by atoms with Crippen LogP contribution in [0.5, 0.6) is 0 Å². The zero-order valence-electron chi connectivity index (χ0n) is 10.9. The number of aliphatic hydroxyl groups is 1. The summed E-state index contributed by atoms with van der Waals surface area (Å²) in [5.74, 6) is -0.603. The van der Waals surface area contributed by atoms with Crippen LogP contribution in [0, 0.1) is 0 Å². The smallest absolute Gasteiger partial charge is 0.409 e. The molecule has 4 N–H and O–H groups in total. The van der Waals surface area contributed by atoms with E-state index in [9.17, 15) is 13.2 Å². The summed E-state index contributed by atoms with van der Waals surface area (Å²) in [7, 11) is 0. The fraction of sp³-hybridized carbons (Fsp3) is 0.417. The van der Waals surface area contributed by atoms with Gasteiger partial charge in [-0.2, -0.15) is 13.2 Å². The predicted molar refractivity (Wildman–Crippen MR) is 68.9 cm³/mol. The van der Waals surface area contributed by atoms with Gasteiger partial charge in [-0.15, -0.1) is 0 Å². The van der Waals surface area contributed by atoms with Gasteiger partial charge in [0.15, 0.2) is 5.84 Å². The molecule has 0 spiro atoms. The number of aliphatic hydroxyl groups excluding tert-OH is 1. The van der Waals surface area contributed by atoms with Crippen molar-refractivity contribution in [1.82, 2.24) is 0 Å². The molecule has 0 aromatic heterocycles. The third-order valence-electron chi connectivity index (χ3n) is 2.81. The molecule has 0 fully saturated rings. The van der Waals surface area contributed by atoms with E-state index < -0.39 is 17.6 Å². The summed E-state index contributed by atoms with van der Waals surface area (Å²) >= 11 is 0. The van der Waals surface area contributed by atoms with Gasteiger partial charge in [-0.1, -0.05) is 5.16 Å². The van der Waals surface area contributed by atoms with Crippen LogP contribution in [0.1, 0.15) is 18.1 Å². The summed E-state index contributed by atoms with van der Waals surface area (Å²) in [5.41, 5.74) is 4.19. The van der Waals surface area contributed by atoms with Gasteiger partial charge < -0.3 is 20.9 Å². The van der Waals surface area contributed by atoms with Gasteiger partial charge in [0.25, 0.3) is 0 Å². The normalized spacial score (nSPS) is 12.6. The molecule has 0 saturated heterocycles. The minimum Gasteiger partial charge on any atom is -0.409 e. The molecule has 0 radical (unpaired) electrons. The number of halogens is 3. The first-order valence-corrected chi connectivity index (χ1v) is 5.90. The van der Waals surface area contributed by atoms with Crippen molar-refractivity contribution in [2.45, 2.75) is 13.1 Å². The second kappa shape index (κ2) is 6.47. The molecule has 1 aromatic carbocycles. The SMILES string of the molecule is CCN(CCO)c1ccc(/C(N)=N/O)c(C(F)(F)F)c1. The van der Waals surface area contributed by atoms with E-state index >= 15 is 0 Å². The van der Waals surface area contributed by atoms with Crippen LogP contribution in [0.25, 0.3) is 0 Å². The lowest BCUT2D eigenvalue weighted by molar-refractivity contribution is -0.137. The number of oxime groups is 1. The zero-order chi connectivity index (χ0) is 15.3. The van der Waals surface area contributed by atoms with Crippen LogP contribution in [0.15, 0.2) is 23.4 Å². The number of rotatable bonds is 5. The standard InChI is InChI=1S/C12H16F3N3O2/c1-2-18(5-6-19)8-3-4-9(11(16)17-20)10(7-8)12(13,14)15/h3-4,7,19-20H,2,5-6H2,1H3,(H2,16,17). The number of likely N-dealkylation sites (N-methyl/N-ethyl adjacent to an activating group) is 1. The van der Waals surface area contributed by atoms with Gasteiger partial charge in [0.05, 0.1) is 12.2 Å². The highest BCUT2D eigenvalue weighted by molar-refractivity contribution is 5.99. The molecular formula is C12H16F3N3O2. The lowest BCUT2D eigenvalue weighted by atomic mass is 10.0. The Morgan fingerprint density at radius 2 is 2.05 bits per heavy atom. The van der Waals surface area contributed by atoms with Crippen LogP contribution in [0.4, 0.5) is 18.9 Å². The summed E-state index contributed by atoms with van der Waals surface area (Å²) in [5, 5.41) is 20.0. The van der Waals surface area contributed by atoms with Crippen molar-refractivity contribution < 1.29 is 23.5 Å². The number of hydrogen-bond acceptors (Lipinski definition) is 4. The quantitative estimate of drug-likeness (QED) is 0.333. The Morgan fingerprint density at radius 1 is 1.40 bits per heavy atom. The minimum atomic E-state index is -4.63. The van der Waals surface area contributed by atoms with E-state index in [0.717, 1.165) is 12.1 Å². The molecule has 1 rings (SSSR count).